The van der Waals surface area contributed by atoms with Gasteiger partial charge in [0.25, 0.3) is 5.91 Å². The van der Waals surface area contributed by atoms with Crippen LogP contribution in [0.4, 0.5) is 10.8 Å². The fourth-order valence-corrected chi connectivity index (χ4v) is 4.26. The standard InChI is InChI=1S/C20H21ClN4O3S/c21-14-3-5-16(22-11-14)23-18(26)13-7-9-25(10-8-13)20(28)15-4-6-17(29-15)24-19(27)12-1-2-12/h3-6,11-13H,1-2,7-10H2,(H,24,27)(H,22,23,26). The number of carbonyl (C=O) groups is 3. The lowest BCUT2D eigenvalue weighted by Gasteiger charge is -2.31. The van der Waals surface area contributed by atoms with Crippen LogP contribution in [0.2, 0.25) is 5.02 Å². The Hall–Kier alpha value is -2.45. The topological polar surface area (TPSA) is 91.4 Å². The molecule has 2 aromatic heterocycles. The molecule has 7 nitrogen and oxygen atoms in total. The average Bonchev–Trinajstić information content (AvgIpc) is 3.49. The van der Waals surface area contributed by atoms with Gasteiger partial charge in [0.15, 0.2) is 0 Å². The highest BCUT2D eigenvalue weighted by Crippen LogP contribution is 2.32. The van der Waals surface area contributed by atoms with Crippen molar-refractivity contribution in [1.82, 2.24) is 9.88 Å². The van der Waals surface area contributed by atoms with Crippen molar-refractivity contribution < 1.29 is 14.4 Å². The van der Waals surface area contributed by atoms with Gasteiger partial charge in [-0.05, 0) is 49.9 Å². The van der Waals surface area contributed by atoms with Crippen LogP contribution in [0.3, 0.4) is 0 Å². The maximum absolute atomic E-state index is 12.7. The Balaban J connectivity index is 1.28. The number of hydrogen-bond donors (Lipinski definition) is 2. The van der Waals surface area contributed by atoms with Gasteiger partial charge in [-0.3, -0.25) is 14.4 Å². The molecule has 1 aliphatic carbocycles. The molecular formula is C20H21ClN4O3S. The van der Waals surface area contributed by atoms with E-state index in [0.717, 1.165) is 12.8 Å². The summed E-state index contributed by atoms with van der Waals surface area (Å²) in [5, 5.41) is 6.89. The molecule has 9 heteroatoms. The van der Waals surface area contributed by atoms with Crippen molar-refractivity contribution >= 4 is 51.5 Å². The number of thiophene rings is 1. The summed E-state index contributed by atoms with van der Waals surface area (Å²) in [7, 11) is 0. The summed E-state index contributed by atoms with van der Waals surface area (Å²) in [6.07, 6.45) is 4.57. The van der Waals surface area contributed by atoms with Crippen LogP contribution in [0.25, 0.3) is 0 Å². The summed E-state index contributed by atoms with van der Waals surface area (Å²) in [6, 6.07) is 6.86. The van der Waals surface area contributed by atoms with Gasteiger partial charge in [-0.25, -0.2) is 4.98 Å². The first kappa shape index (κ1) is 19.8. The minimum atomic E-state index is -0.159. The molecule has 0 aromatic carbocycles. The Morgan fingerprint density at radius 1 is 0.966 bits per heavy atom. The number of aromatic nitrogens is 1. The third kappa shape index (κ3) is 4.94. The summed E-state index contributed by atoms with van der Waals surface area (Å²) >= 11 is 7.10. The molecule has 2 N–H and O–H groups in total. The summed E-state index contributed by atoms with van der Waals surface area (Å²) in [4.78, 5) is 43.5. The summed E-state index contributed by atoms with van der Waals surface area (Å²) in [5.41, 5.74) is 0. The zero-order chi connectivity index (χ0) is 20.4. The van der Waals surface area contributed by atoms with Crippen LogP contribution in [0.1, 0.15) is 35.4 Å². The SMILES string of the molecule is O=C(Nc1ccc(Cl)cn1)C1CCN(C(=O)c2ccc(NC(=O)C3CC3)s2)CC1. The highest BCUT2D eigenvalue weighted by Gasteiger charge is 2.31. The number of halogens is 1. The van der Waals surface area contributed by atoms with Crippen LogP contribution in [-0.4, -0.2) is 40.7 Å². The zero-order valence-electron chi connectivity index (χ0n) is 15.7. The minimum Gasteiger partial charge on any atom is -0.338 e. The van der Waals surface area contributed by atoms with E-state index in [9.17, 15) is 14.4 Å². The average molecular weight is 433 g/mol. The van der Waals surface area contributed by atoms with E-state index in [0.29, 0.717) is 46.6 Å². The molecule has 3 heterocycles. The second kappa shape index (κ2) is 8.51. The lowest BCUT2D eigenvalue weighted by molar-refractivity contribution is -0.121. The number of likely N-dealkylation sites (tertiary alicyclic amines) is 1. The first-order chi connectivity index (χ1) is 14.0. The van der Waals surface area contributed by atoms with E-state index in [1.165, 1.54) is 17.5 Å². The van der Waals surface area contributed by atoms with Crippen molar-refractivity contribution in [3.05, 3.63) is 40.4 Å². The lowest BCUT2D eigenvalue weighted by atomic mass is 9.96. The van der Waals surface area contributed by atoms with Crippen molar-refractivity contribution in [3.8, 4) is 0 Å². The monoisotopic (exact) mass is 432 g/mol. The number of carbonyl (C=O) groups excluding carboxylic acids is 3. The van der Waals surface area contributed by atoms with Crippen LogP contribution >= 0.6 is 22.9 Å². The van der Waals surface area contributed by atoms with Gasteiger partial charge >= 0.3 is 0 Å². The molecule has 1 saturated carbocycles. The van der Waals surface area contributed by atoms with Crippen LogP contribution in [0.15, 0.2) is 30.5 Å². The zero-order valence-corrected chi connectivity index (χ0v) is 17.3. The highest BCUT2D eigenvalue weighted by molar-refractivity contribution is 7.18. The molecule has 2 aliphatic rings. The fourth-order valence-electron chi connectivity index (χ4n) is 3.27. The Labute approximate surface area is 177 Å². The normalized spacial score (nSPS) is 17.1. The number of piperidine rings is 1. The second-order valence-electron chi connectivity index (χ2n) is 7.34. The van der Waals surface area contributed by atoms with E-state index in [1.54, 1.807) is 29.2 Å². The van der Waals surface area contributed by atoms with Crippen molar-refractivity contribution in [3.63, 3.8) is 0 Å². The Morgan fingerprint density at radius 2 is 1.66 bits per heavy atom. The van der Waals surface area contributed by atoms with Gasteiger partial charge in [-0.1, -0.05) is 11.6 Å². The highest BCUT2D eigenvalue weighted by atomic mass is 35.5. The number of rotatable bonds is 5. The van der Waals surface area contributed by atoms with E-state index >= 15 is 0 Å². The molecule has 152 valence electrons. The summed E-state index contributed by atoms with van der Waals surface area (Å²) in [5.74, 6) is 0.330. The molecule has 0 radical (unpaired) electrons. The van der Waals surface area contributed by atoms with Crippen molar-refractivity contribution in [1.29, 1.82) is 0 Å². The Kier molecular flexibility index (Phi) is 5.82. The molecule has 3 amide bonds. The number of pyridine rings is 1. The number of hydrogen-bond acceptors (Lipinski definition) is 5. The van der Waals surface area contributed by atoms with Gasteiger partial charge in [0.1, 0.15) is 5.82 Å². The van der Waals surface area contributed by atoms with Gasteiger partial charge in [0.05, 0.1) is 14.9 Å². The predicted molar refractivity (Wildman–Crippen MR) is 112 cm³/mol. The van der Waals surface area contributed by atoms with Crippen molar-refractivity contribution in [2.75, 3.05) is 23.7 Å². The molecule has 29 heavy (non-hydrogen) atoms. The fraction of sp³-hybridized carbons (Fsp3) is 0.400. The summed E-state index contributed by atoms with van der Waals surface area (Å²) in [6.45, 7) is 1.04. The van der Waals surface area contributed by atoms with Crippen molar-refractivity contribution in [2.24, 2.45) is 11.8 Å². The molecule has 2 fully saturated rings. The maximum atomic E-state index is 12.7. The van der Waals surface area contributed by atoms with Crippen LogP contribution in [-0.2, 0) is 9.59 Å². The molecule has 2 aromatic rings. The van der Waals surface area contributed by atoms with Crippen molar-refractivity contribution in [2.45, 2.75) is 25.7 Å². The predicted octanol–water partition coefficient (Wildman–Crippen LogP) is 3.64. The van der Waals surface area contributed by atoms with Gasteiger partial charge in [0.2, 0.25) is 11.8 Å². The van der Waals surface area contributed by atoms with Gasteiger partial charge < -0.3 is 15.5 Å². The van der Waals surface area contributed by atoms with E-state index in [4.69, 9.17) is 11.6 Å². The number of anilines is 2. The largest absolute Gasteiger partial charge is 0.338 e. The smallest absolute Gasteiger partial charge is 0.263 e. The number of amides is 3. The summed E-state index contributed by atoms with van der Waals surface area (Å²) < 4.78 is 0. The molecular weight excluding hydrogens is 412 g/mol. The number of nitrogens with zero attached hydrogens (tertiary/aromatic N) is 2. The molecule has 4 rings (SSSR count). The van der Waals surface area contributed by atoms with Crippen LogP contribution < -0.4 is 10.6 Å². The van der Waals surface area contributed by atoms with E-state index in [1.807, 2.05) is 0 Å². The van der Waals surface area contributed by atoms with Crippen LogP contribution in [0.5, 0.6) is 0 Å². The lowest BCUT2D eigenvalue weighted by Crippen LogP contribution is -2.41. The Bertz CT molecular complexity index is 918. The Morgan fingerprint density at radius 3 is 2.31 bits per heavy atom. The molecule has 0 unspecified atom stereocenters. The third-order valence-electron chi connectivity index (χ3n) is 5.14. The van der Waals surface area contributed by atoms with E-state index in [2.05, 4.69) is 15.6 Å². The van der Waals surface area contributed by atoms with Crippen LogP contribution in [0, 0.1) is 11.8 Å². The van der Waals surface area contributed by atoms with Gasteiger partial charge in [0, 0.05) is 31.1 Å². The minimum absolute atomic E-state index is 0.0350. The molecule has 0 bridgehead atoms. The second-order valence-corrected chi connectivity index (χ2v) is 8.87. The van der Waals surface area contributed by atoms with E-state index in [-0.39, 0.29) is 29.6 Å². The molecule has 0 spiro atoms. The number of nitrogens with one attached hydrogen (secondary N) is 2. The quantitative estimate of drug-likeness (QED) is 0.754. The maximum Gasteiger partial charge on any atom is 0.263 e. The molecule has 0 atom stereocenters. The van der Waals surface area contributed by atoms with E-state index < -0.39 is 0 Å². The van der Waals surface area contributed by atoms with Gasteiger partial charge in [-0.2, -0.15) is 0 Å². The third-order valence-corrected chi connectivity index (χ3v) is 6.36. The molecule has 1 aliphatic heterocycles. The molecule has 1 saturated heterocycles. The van der Waals surface area contributed by atoms with Gasteiger partial charge in [-0.15, -0.1) is 11.3 Å². The first-order valence-electron chi connectivity index (χ1n) is 9.62. The first-order valence-corrected chi connectivity index (χ1v) is 10.8.